The molecular weight excluding hydrogens is 482 g/mol. The number of nitriles is 1. The molecule has 8 nitrogen and oxygen atoms in total. The maximum absolute atomic E-state index is 13.1. The average molecular weight is 506 g/mol. The van der Waals surface area contributed by atoms with Crippen LogP contribution in [0.1, 0.15) is 12.8 Å². The molecule has 0 bridgehead atoms. The molecule has 0 radical (unpaired) electrons. The molecule has 1 saturated heterocycles. The molecule has 1 heterocycles. The highest BCUT2D eigenvalue weighted by atomic mass is 79.9. The van der Waals surface area contributed by atoms with E-state index in [2.05, 4.69) is 15.9 Å². The summed E-state index contributed by atoms with van der Waals surface area (Å²) in [6, 6.07) is 9.78. The topological polar surface area (TPSA) is 108 Å². The molecule has 2 rings (SSSR count). The largest absolute Gasteiger partial charge is 0.355 e. The molecule has 160 valence electrons. The molecule has 1 aliphatic rings. The van der Waals surface area contributed by atoms with E-state index in [0.717, 1.165) is 18.0 Å². The van der Waals surface area contributed by atoms with E-state index in [0.29, 0.717) is 38.4 Å². The predicted molar refractivity (Wildman–Crippen MR) is 113 cm³/mol. The SMILES string of the molecule is CS(=O)(=O)OCCCN1CCN(CCCBr)C1=C(C#N)S(=O)(=O)c1ccccc1. The quantitative estimate of drug-likeness (QED) is 0.205. The van der Waals surface area contributed by atoms with Crippen molar-refractivity contribution >= 4 is 35.9 Å². The van der Waals surface area contributed by atoms with Gasteiger partial charge in [0.25, 0.3) is 10.1 Å². The van der Waals surface area contributed by atoms with E-state index < -0.39 is 20.0 Å². The van der Waals surface area contributed by atoms with E-state index >= 15 is 0 Å². The summed E-state index contributed by atoms with van der Waals surface area (Å²) in [7, 11) is -7.51. The zero-order chi connectivity index (χ0) is 21.5. The van der Waals surface area contributed by atoms with E-state index in [1.165, 1.54) is 12.1 Å². The van der Waals surface area contributed by atoms with Gasteiger partial charge in [0.05, 0.1) is 17.8 Å². The Hall–Kier alpha value is -1.61. The van der Waals surface area contributed by atoms with Crippen LogP contribution in [-0.4, -0.2) is 71.0 Å². The molecule has 1 aromatic rings. The molecule has 0 N–H and O–H groups in total. The molecule has 1 fully saturated rings. The lowest BCUT2D eigenvalue weighted by Gasteiger charge is -2.26. The van der Waals surface area contributed by atoms with Crippen LogP contribution in [-0.2, 0) is 24.1 Å². The average Bonchev–Trinajstić information content (AvgIpc) is 3.06. The Bertz CT molecular complexity index is 972. The summed E-state index contributed by atoms with van der Waals surface area (Å²) in [6.45, 7) is 2.12. The molecule has 0 saturated carbocycles. The van der Waals surface area contributed by atoms with Crippen molar-refractivity contribution in [2.24, 2.45) is 0 Å². The molecule has 0 unspecified atom stereocenters. The van der Waals surface area contributed by atoms with Gasteiger partial charge in [0.15, 0.2) is 4.91 Å². The van der Waals surface area contributed by atoms with Crippen molar-refractivity contribution in [3.05, 3.63) is 41.1 Å². The number of halogens is 1. The number of hydrogen-bond acceptors (Lipinski definition) is 8. The second kappa shape index (κ2) is 10.4. The molecule has 29 heavy (non-hydrogen) atoms. The van der Waals surface area contributed by atoms with Crippen LogP contribution in [0.15, 0.2) is 46.0 Å². The molecule has 0 atom stereocenters. The Labute approximate surface area is 180 Å². The highest BCUT2D eigenvalue weighted by Crippen LogP contribution is 2.29. The lowest BCUT2D eigenvalue weighted by atomic mass is 10.4. The van der Waals surface area contributed by atoms with E-state index in [1.54, 1.807) is 18.2 Å². The highest BCUT2D eigenvalue weighted by Gasteiger charge is 2.34. The minimum Gasteiger partial charge on any atom is -0.355 e. The molecule has 11 heteroatoms. The van der Waals surface area contributed by atoms with Gasteiger partial charge in [0, 0.05) is 31.5 Å². The fourth-order valence-corrected chi connectivity index (χ4v) is 5.08. The van der Waals surface area contributed by atoms with Crippen LogP contribution in [0, 0.1) is 11.3 Å². The number of hydrogen-bond donors (Lipinski definition) is 0. The van der Waals surface area contributed by atoms with Crippen LogP contribution in [0.4, 0.5) is 0 Å². The number of sulfone groups is 1. The van der Waals surface area contributed by atoms with Crippen LogP contribution >= 0.6 is 15.9 Å². The first-order valence-corrected chi connectivity index (χ1v) is 13.5. The Morgan fingerprint density at radius 3 is 2.21 bits per heavy atom. The van der Waals surface area contributed by atoms with Gasteiger partial charge in [-0.1, -0.05) is 34.1 Å². The number of nitrogens with zero attached hydrogens (tertiary/aromatic N) is 3. The van der Waals surface area contributed by atoms with Gasteiger partial charge in [-0.15, -0.1) is 0 Å². The summed E-state index contributed by atoms with van der Waals surface area (Å²) in [5, 5.41) is 10.5. The second-order valence-electron chi connectivity index (χ2n) is 6.48. The smallest absolute Gasteiger partial charge is 0.264 e. The molecule has 0 spiro atoms. The van der Waals surface area contributed by atoms with Gasteiger partial charge >= 0.3 is 0 Å². The Morgan fingerprint density at radius 2 is 1.69 bits per heavy atom. The molecule has 1 aliphatic heterocycles. The van der Waals surface area contributed by atoms with Crippen LogP contribution in [0.2, 0.25) is 0 Å². The summed E-state index contributed by atoms with van der Waals surface area (Å²) in [5.41, 5.74) is 0. The zero-order valence-electron chi connectivity index (χ0n) is 16.1. The van der Waals surface area contributed by atoms with E-state index in [1.807, 2.05) is 15.9 Å². The maximum atomic E-state index is 13.1. The summed E-state index contributed by atoms with van der Waals surface area (Å²) in [5.74, 6) is 0.372. The molecule has 0 aromatic heterocycles. The van der Waals surface area contributed by atoms with E-state index in [9.17, 15) is 22.1 Å². The van der Waals surface area contributed by atoms with Gasteiger partial charge in [-0.3, -0.25) is 4.18 Å². The minimum atomic E-state index is -3.98. The summed E-state index contributed by atoms with van der Waals surface area (Å²) in [4.78, 5) is 3.49. The third-order valence-electron chi connectivity index (χ3n) is 4.30. The Balaban J connectivity index is 2.36. The van der Waals surface area contributed by atoms with Crippen LogP contribution < -0.4 is 0 Å². The van der Waals surface area contributed by atoms with Crippen LogP contribution in [0.3, 0.4) is 0 Å². The van der Waals surface area contributed by atoms with Crippen molar-refractivity contribution in [1.82, 2.24) is 9.80 Å². The van der Waals surface area contributed by atoms with Gasteiger partial charge in [-0.2, -0.15) is 13.7 Å². The number of alkyl halides is 1. The molecular formula is C18H24BrN3O5S2. The van der Waals surface area contributed by atoms with Crippen molar-refractivity contribution in [3.8, 4) is 6.07 Å². The van der Waals surface area contributed by atoms with Crippen LogP contribution in [0.25, 0.3) is 0 Å². The van der Waals surface area contributed by atoms with Gasteiger partial charge in [-0.25, -0.2) is 8.42 Å². The highest BCUT2D eigenvalue weighted by molar-refractivity contribution is 9.09. The molecule has 0 amide bonds. The summed E-state index contributed by atoms with van der Waals surface area (Å²) >= 11 is 3.38. The van der Waals surface area contributed by atoms with Crippen molar-refractivity contribution in [2.45, 2.75) is 17.7 Å². The Kier molecular flexibility index (Phi) is 8.51. The third kappa shape index (κ3) is 6.44. The monoisotopic (exact) mass is 505 g/mol. The number of allylic oxidation sites excluding steroid dienone is 1. The Morgan fingerprint density at radius 1 is 1.10 bits per heavy atom. The molecule has 1 aromatic carbocycles. The minimum absolute atomic E-state index is 0.00264. The van der Waals surface area contributed by atoms with Crippen molar-refractivity contribution in [1.29, 1.82) is 5.26 Å². The maximum Gasteiger partial charge on any atom is 0.264 e. The normalized spacial score (nSPS) is 16.7. The first kappa shape index (κ1) is 23.7. The first-order valence-electron chi connectivity index (χ1n) is 9.05. The van der Waals surface area contributed by atoms with Gasteiger partial charge < -0.3 is 9.80 Å². The standard InChI is InChI=1S/C18H24BrN3O5S2/c1-28(23,24)27-14-6-11-22-13-12-21(10-5-9-19)18(22)17(15-20)29(25,26)16-7-3-2-4-8-16/h2-4,7-8H,5-6,9-14H2,1H3. The van der Waals surface area contributed by atoms with Gasteiger partial charge in [-0.05, 0) is 25.0 Å². The van der Waals surface area contributed by atoms with Gasteiger partial charge in [0.1, 0.15) is 11.9 Å². The first-order chi connectivity index (χ1) is 13.7. The lowest BCUT2D eigenvalue weighted by molar-refractivity contribution is 0.275. The predicted octanol–water partition coefficient (Wildman–Crippen LogP) is 1.92. The van der Waals surface area contributed by atoms with E-state index in [-0.39, 0.29) is 16.4 Å². The second-order valence-corrected chi connectivity index (χ2v) is 10.8. The summed E-state index contributed by atoms with van der Waals surface area (Å²) < 4.78 is 53.3. The third-order valence-corrected chi connectivity index (χ3v) is 7.16. The van der Waals surface area contributed by atoms with Gasteiger partial charge in [0.2, 0.25) is 9.84 Å². The zero-order valence-corrected chi connectivity index (χ0v) is 19.3. The fourth-order valence-electron chi connectivity index (χ4n) is 3.04. The number of benzene rings is 1. The van der Waals surface area contributed by atoms with Crippen molar-refractivity contribution in [3.63, 3.8) is 0 Å². The van der Waals surface area contributed by atoms with Crippen molar-refractivity contribution in [2.75, 3.05) is 44.4 Å². The van der Waals surface area contributed by atoms with Crippen LogP contribution in [0.5, 0.6) is 0 Å². The number of rotatable bonds is 10. The summed E-state index contributed by atoms with van der Waals surface area (Å²) in [6.07, 6.45) is 2.15. The molecule has 0 aliphatic carbocycles. The van der Waals surface area contributed by atoms with Crippen molar-refractivity contribution < 1.29 is 21.0 Å². The fraction of sp³-hybridized carbons (Fsp3) is 0.500. The van der Waals surface area contributed by atoms with E-state index in [4.69, 9.17) is 4.18 Å². The lowest BCUT2D eigenvalue weighted by Crippen LogP contribution is -2.29.